The molecule has 2 amide bonds. The maximum absolute atomic E-state index is 12.2. The van der Waals surface area contributed by atoms with Crippen LogP contribution in [0.15, 0.2) is 0 Å². The summed E-state index contributed by atoms with van der Waals surface area (Å²) in [6.07, 6.45) is 1.20. The van der Waals surface area contributed by atoms with Crippen LogP contribution in [0.5, 0.6) is 0 Å². The van der Waals surface area contributed by atoms with Crippen LogP contribution >= 0.6 is 0 Å². The van der Waals surface area contributed by atoms with E-state index in [2.05, 4.69) is 5.32 Å². The Balaban J connectivity index is 1.81. The molecule has 2 heterocycles. The van der Waals surface area contributed by atoms with E-state index in [1.807, 2.05) is 20.8 Å². The van der Waals surface area contributed by atoms with Crippen LogP contribution in [0.25, 0.3) is 0 Å². The van der Waals surface area contributed by atoms with Crippen LogP contribution in [0.3, 0.4) is 0 Å². The zero-order chi connectivity index (χ0) is 15.4. The van der Waals surface area contributed by atoms with Crippen LogP contribution in [0.4, 0.5) is 4.79 Å². The van der Waals surface area contributed by atoms with Crippen molar-refractivity contribution >= 4 is 17.8 Å². The van der Waals surface area contributed by atoms with Gasteiger partial charge in [-0.2, -0.15) is 0 Å². The molecule has 2 saturated heterocycles. The van der Waals surface area contributed by atoms with E-state index >= 15 is 0 Å². The van der Waals surface area contributed by atoms with E-state index in [1.165, 1.54) is 0 Å². The fourth-order valence-corrected chi connectivity index (χ4v) is 3.93. The van der Waals surface area contributed by atoms with Crippen molar-refractivity contribution in [3.63, 3.8) is 0 Å². The SMILES string of the molecule is CC(C)(C)OC(=O)N1CC2C(=O)NC3CCC(=O)CC32C1. The normalized spacial score (nSPS) is 35.3. The number of amides is 2. The molecule has 3 aliphatic rings. The summed E-state index contributed by atoms with van der Waals surface area (Å²) in [5.74, 6) is -0.112. The lowest BCUT2D eigenvalue weighted by Crippen LogP contribution is -2.47. The molecule has 1 N–H and O–H groups in total. The maximum Gasteiger partial charge on any atom is 0.410 e. The Kier molecular flexibility index (Phi) is 3.04. The molecule has 0 aromatic carbocycles. The number of carbonyl (C=O) groups excluding carboxylic acids is 3. The minimum atomic E-state index is -0.559. The summed E-state index contributed by atoms with van der Waals surface area (Å²) in [7, 11) is 0. The van der Waals surface area contributed by atoms with E-state index in [0.717, 1.165) is 0 Å². The van der Waals surface area contributed by atoms with Crippen molar-refractivity contribution in [3.8, 4) is 0 Å². The highest BCUT2D eigenvalue weighted by Gasteiger charge is 2.62. The van der Waals surface area contributed by atoms with Gasteiger partial charge in [0.2, 0.25) is 5.91 Å². The van der Waals surface area contributed by atoms with Crippen molar-refractivity contribution < 1.29 is 19.1 Å². The van der Waals surface area contributed by atoms with Gasteiger partial charge in [0.25, 0.3) is 0 Å². The highest BCUT2D eigenvalue weighted by molar-refractivity contribution is 5.89. The average Bonchev–Trinajstić information content (AvgIpc) is 2.81. The highest BCUT2D eigenvalue weighted by atomic mass is 16.6. The van der Waals surface area contributed by atoms with Gasteiger partial charge in [-0.25, -0.2) is 4.79 Å². The molecule has 6 heteroatoms. The van der Waals surface area contributed by atoms with Crippen molar-refractivity contribution in [2.45, 2.75) is 51.7 Å². The molecule has 2 aliphatic heterocycles. The van der Waals surface area contributed by atoms with Crippen molar-refractivity contribution in [3.05, 3.63) is 0 Å². The molecule has 0 aromatic heterocycles. The number of likely N-dealkylation sites (tertiary alicyclic amines) is 1. The molecule has 3 fully saturated rings. The molecule has 1 saturated carbocycles. The number of nitrogens with zero attached hydrogens (tertiary/aromatic N) is 1. The standard InChI is InChI=1S/C15H22N2O4/c1-14(2,3)21-13(20)17-7-10-12(19)16-11-5-4-9(18)6-15(10,11)8-17/h10-11H,4-8H2,1-3H3,(H,16,19). The lowest BCUT2D eigenvalue weighted by atomic mass is 9.67. The number of ether oxygens (including phenoxy) is 1. The predicted octanol–water partition coefficient (Wildman–Crippen LogP) is 1.09. The molecule has 0 radical (unpaired) electrons. The minimum absolute atomic E-state index is 0.0140. The van der Waals surface area contributed by atoms with Gasteiger partial charge in [0.1, 0.15) is 11.4 Å². The fourth-order valence-electron chi connectivity index (χ4n) is 3.93. The number of hydrogen-bond donors (Lipinski definition) is 1. The van der Waals surface area contributed by atoms with Crippen LogP contribution in [-0.2, 0) is 14.3 Å². The second-order valence-electron chi connectivity index (χ2n) is 7.46. The molecule has 1 spiro atoms. The van der Waals surface area contributed by atoms with Gasteiger partial charge in [-0.3, -0.25) is 9.59 Å². The van der Waals surface area contributed by atoms with Crippen LogP contribution in [-0.4, -0.2) is 47.4 Å². The largest absolute Gasteiger partial charge is 0.444 e. The topological polar surface area (TPSA) is 75.7 Å². The first-order valence-corrected chi connectivity index (χ1v) is 7.51. The molecule has 3 atom stereocenters. The number of rotatable bonds is 0. The summed E-state index contributed by atoms with van der Waals surface area (Å²) in [6, 6.07) is 0.0140. The van der Waals surface area contributed by atoms with E-state index in [1.54, 1.807) is 4.90 Å². The Hall–Kier alpha value is -1.59. The number of hydrogen-bond acceptors (Lipinski definition) is 4. The third-order valence-electron chi connectivity index (χ3n) is 4.80. The van der Waals surface area contributed by atoms with Gasteiger partial charge in [-0.1, -0.05) is 0 Å². The molecular formula is C15H22N2O4. The van der Waals surface area contributed by atoms with Gasteiger partial charge in [-0.05, 0) is 27.2 Å². The average molecular weight is 294 g/mol. The van der Waals surface area contributed by atoms with E-state index in [4.69, 9.17) is 4.74 Å². The molecule has 0 aromatic rings. The maximum atomic E-state index is 12.2. The molecular weight excluding hydrogens is 272 g/mol. The summed E-state index contributed by atoms with van der Waals surface area (Å²) in [6.45, 7) is 6.24. The predicted molar refractivity (Wildman–Crippen MR) is 74.5 cm³/mol. The molecule has 0 bridgehead atoms. The van der Waals surface area contributed by atoms with Crippen LogP contribution in [0.1, 0.15) is 40.0 Å². The first-order chi connectivity index (χ1) is 9.71. The van der Waals surface area contributed by atoms with E-state index < -0.39 is 17.1 Å². The van der Waals surface area contributed by atoms with Crippen LogP contribution < -0.4 is 5.32 Å². The van der Waals surface area contributed by atoms with Crippen molar-refractivity contribution in [1.29, 1.82) is 0 Å². The molecule has 3 unspecified atom stereocenters. The number of ketones is 1. The van der Waals surface area contributed by atoms with E-state index in [0.29, 0.717) is 32.4 Å². The second-order valence-corrected chi connectivity index (χ2v) is 7.46. The summed E-state index contributed by atoms with van der Waals surface area (Å²) < 4.78 is 5.40. The quantitative estimate of drug-likeness (QED) is 0.725. The van der Waals surface area contributed by atoms with Gasteiger partial charge in [-0.15, -0.1) is 0 Å². The summed E-state index contributed by atoms with van der Waals surface area (Å²) >= 11 is 0. The van der Waals surface area contributed by atoms with Gasteiger partial charge < -0.3 is 15.0 Å². The van der Waals surface area contributed by atoms with Gasteiger partial charge in [0, 0.05) is 37.4 Å². The fraction of sp³-hybridized carbons (Fsp3) is 0.800. The van der Waals surface area contributed by atoms with Gasteiger partial charge in [0.05, 0.1) is 5.92 Å². The second kappa shape index (κ2) is 4.45. The van der Waals surface area contributed by atoms with Crippen molar-refractivity contribution in [2.24, 2.45) is 11.3 Å². The van der Waals surface area contributed by atoms with Crippen LogP contribution in [0.2, 0.25) is 0 Å². The third-order valence-corrected chi connectivity index (χ3v) is 4.80. The van der Waals surface area contributed by atoms with Gasteiger partial charge >= 0.3 is 6.09 Å². The van der Waals surface area contributed by atoms with Crippen molar-refractivity contribution in [1.82, 2.24) is 10.2 Å². The number of carbonyl (C=O) groups is 3. The van der Waals surface area contributed by atoms with E-state index in [-0.39, 0.29) is 23.7 Å². The van der Waals surface area contributed by atoms with Crippen LogP contribution in [0, 0.1) is 11.3 Å². The molecule has 116 valence electrons. The zero-order valence-corrected chi connectivity index (χ0v) is 12.8. The Bertz CT molecular complexity index is 510. The number of Topliss-reactive ketones (excluding diaryl/α,β-unsaturated/α-hetero) is 1. The Morgan fingerprint density at radius 2 is 2.10 bits per heavy atom. The first-order valence-electron chi connectivity index (χ1n) is 7.51. The molecule has 6 nitrogen and oxygen atoms in total. The van der Waals surface area contributed by atoms with Gasteiger partial charge in [0.15, 0.2) is 0 Å². The third kappa shape index (κ3) is 2.30. The molecule has 1 aliphatic carbocycles. The Morgan fingerprint density at radius 3 is 2.76 bits per heavy atom. The lowest BCUT2D eigenvalue weighted by Gasteiger charge is -2.37. The summed E-state index contributed by atoms with van der Waals surface area (Å²) in [5.41, 5.74) is -0.972. The van der Waals surface area contributed by atoms with E-state index in [9.17, 15) is 14.4 Å². The smallest absolute Gasteiger partial charge is 0.410 e. The summed E-state index contributed by atoms with van der Waals surface area (Å²) in [5, 5.41) is 3.01. The first kappa shape index (κ1) is 14.4. The highest BCUT2D eigenvalue weighted by Crippen LogP contribution is 2.50. The Morgan fingerprint density at radius 1 is 1.38 bits per heavy atom. The minimum Gasteiger partial charge on any atom is -0.444 e. The number of nitrogens with one attached hydrogen (secondary N) is 1. The molecule has 21 heavy (non-hydrogen) atoms. The molecule has 3 rings (SSSR count). The van der Waals surface area contributed by atoms with Crippen molar-refractivity contribution in [2.75, 3.05) is 13.1 Å². The lowest BCUT2D eigenvalue weighted by molar-refractivity contribution is -0.125. The summed E-state index contributed by atoms with van der Waals surface area (Å²) in [4.78, 5) is 37.9. The zero-order valence-electron chi connectivity index (χ0n) is 12.8. The monoisotopic (exact) mass is 294 g/mol. The Labute approximate surface area is 124 Å².